The van der Waals surface area contributed by atoms with Crippen LogP contribution in [-0.2, 0) is 16.1 Å². The summed E-state index contributed by atoms with van der Waals surface area (Å²) in [7, 11) is 0. The van der Waals surface area contributed by atoms with Gasteiger partial charge in [-0.15, -0.1) is 11.3 Å². The highest BCUT2D eigenvalue weighted by Gasteiger charge is 2.15. The molecule has 1 amide bonds. The van der Waals surface area contributed by atoms with E-state index in [1.54, 1.807) is 18.3 Å². The average molecular weight is 227 g/mol. The first kappa shape index (κ1) is 11.7. The fraction of sp³-hybridized carbons (Fsp3) is 0.400. The van der Waals surface area contributed by atoms with Crippen LogP contribution >= 0.6 is 11.3 Å². The number of amides is 1. The Morgan fingerprint density at radius 3 is 2.87 bits per heavy atom. The molecule has 0 aliphatic rings. The zero-order chi connectivity index (χ0) is 11.3. The number of thiophene rings is 1. The minimum absolute atomic E-state index is 0.129. The van der Waals surface area contributed by atoms with Gasteiger partial charge in [-0.25, -0.2) is 0 Å². The van der Waals surface area contributed by atoms with Crippen molar-refractivity contribution in [3.63, 3.8) is 0 Å². The van der Waals surface area contributed by atoms with Crippen molar-refractivity contribution < 1.29 is 14.7 Å². The van der Waals surface area contributed by atoms with Crippen molar-refractivity contribution in [3.05, 3.63) is 22.4 Å². The molecule has 1 unspecified atom stereocenters. The third-order valence-electron chi connectivity index (χ3n) is 1.95. The SMILES string of the molecule is CC(CC(=O)O)C(=O)NCc1cccs1. The van der Waals surface area contributed by atoms with E-state index in [0.29, 0.717) is 6.54 Å². The predicted octanol–water partition coefficient (Wildman–Crippen LogP) is 1.48. The van der Waals surface area contributed by atoms with Crippen LogP contribution in [0.1, 0.15) is 18.2 Å². The Morgan fingerprint density at radius 2 is 2.33 bits per heavy atom. The maximum atomic E-state index is 11.4. The maximum absolute atomic E-state index is 11.4. The first-order chi connectivity index (χ1) is 7.09. The third kappa shape index (κ3) is 4.12. The molecular formula is C10H13NO3S. The smallest absolute Gasteiger partial charge is 0.304 e. The molecule has 1 heterocycles. The Bertz CT molecular complexity index is 334. The number of hydrogen-bond donors (Lipinski definition) is 2. The van der Waals surface area contributed by atoms with Gasteiger partial charge in [0.05, 0.1) is 13.0 Å². The third-order valence-corrected chi connectivity index (χ3v) is 2.82. The summed E-state index contributed by atoms with van der Waals surface area (Å²) >= 11 is 1.56. The monoisotopic (exact) mass is 227 g/mol. The second kappa shape index (κ2) is 5.50. The van der Waals surface area contributed by atoms with Crippen LogP contribution in [0.15, 0.2) is 17.5 Å². The number of carboxylic acid groups (broad SMARTS) is 1. The first-order valence-electron chi connectivity index (χ1n) is 4.61. The zero-order valence-electron chi connectivity index (χ0n) is 8.40. The van der Waals surface area contributed by atoms with Crippen LogP contribution in [0.4, 0.5) is 0 Å². The van der Waals surface area contributed by atoms with Crippen molar-refractivity contribution in [2.24, 2.45) is 5.92 Å². The quantitative estimate of drug-likeness (QED) is 0.800. The molecule has 1 atom stereocenters. The van der Waals surface area contributed by atoms with Crippen molar-refractivity contribution in [1.29, 1.82) is 0 Å². The minimum Gasteiger partial charge on any atom is -0.481 e. The lowest BCUT2D eigenvalue weighted by molar-refractivity contribution is -0.140. The van der Waals surface area contributed by atoms with Crippen molar-refractivity contribution in [3.8, 4) is 0 Å². The van der Waals surface area contributed by atoms with Gasteiger partial charge in [-0.3, -0.25) is 9.59 Å². The van der Waals surface area contributed by atoms with Gasteiger partial charge in [-0.2, -0.15) is 0 Å². The lowest BCUT2D eigenvalue weighted by atomic mass is 10.1. The fourth-order valence-electron chi connectivity index (χ4n) is 1.12. The highest BCUT2D eigenvalue weighted by atomic mass is 32.1. The Morgan fingerprint density at radius 1 is 1.60 bits per heavy atom. The summed E-state index contributed by atoms with van der Waals surface area (Å²) in [6, 6.07) is 3.83. The predicted molar refractivity (Wildman–Crippen MR) is 57.6 cm³/mol. The van der Waals surface area contributed by atoms with Gasteiger partial charge in [0.25, 0.3) is 0 Å². The van der Waals surface area contributed by atoms with Gasteiger partial charge < -0.3 is 10.4 Å². The summed E-state index contributed by atoms with van der Waals surface area (Å²) < 4.78 is 0. The van der Waals surface area contributed by atoms with E-state index in [1.165, 1.54) is 0 Å². The van der Waals surface area contributed by atoms with E-state index in [2.05, 4.69) is 5.32 Å². The fourth-order valence-corrected chi connectivity index (χ4v) is 1.76. The van der Waals surface area contributed by atoms with Gasteiger partial charge in [-0.1, -0.05) is 13.0 Å². The van der Waals surface area contributed by atoms with E-state index in [4.69, 9.17) is 5.11 Å². The topological polar surface area (TPSA) is 66.4 Å². The van der Waals surface area contributed by atoms with Crippen molar-refractivity contribution in [2.75, 3.05) is 0 Å². The highest BCUT2D eigenvalue weighted by Crippen LogP contribution is 2.08. The summed E-state index contributed by atoms with van der Waals surface area (Å²) in [5.41, 5.74) is 0. The molecule has 1 aromatic rings. The van der Waals surface area contributed by atoms with Crippen LogP contribution in [0.5, 0.6) is 0 Å². The van der Waals surface area contributed by atoms with Gasteiger partial charge in [0, 0.05) is 10.8 Å². The summed E-state index contributed by atoms with van der Waals surface area (Å²) in [6.07, 6.45) is -0.129. The number of nitrogens with one attached hydrogen (secondary N) is 1. The van der Waals surface area contributed by atoms with Crippen LogP contribution < -0.4 is 5.32 Å². The molecular weight excluding hydrogens is 214 g/mol. The Labute approximate surface area is 91.9 Å². The van der Waals surface area contributed by atoms with Crippen LogP contribution in [0, 0.1) is 5.92 Å². The first-order valence-corrected chi connectivity index (χ1v) is 5.49. The van der Waals surface area contributed by atoms with Gasteiger partial charge in [0.15, 0.2) is 0 Å². The second-order valence-electron chi connectivity index (χ2n) is 3.30. The van der Waals surface area contributed by atoms with Crippen LogP contribution in [0.2, 0.25) is 0 Å². The van der Waals surface area contributed by atoms with Gasteiger partial charge in [0.2, 0.25) is 5.91 Å². The molecule has 0 aliphatic heterocycles. The minimum atomic E-state index is -0.950. The Balaban J connectivity index is 2.32. The molecule has 82 valence electrons. The highest BCUT2D eigenvalue weighted by molar-refractivity contribution is 7.09. The molecule has 0 radical (unpaired) electrons. The Kier molecular flexibility index (Phi) is 4.30. The van der Waals surface area contributed by atoms with Crippen LogP contribution in [-0.4, -0.2) is 17.0 Å². The molecule has 0 fully saturated rings. The summed E-state index contributed by atoms with van der Waals surface area (Å²) in [5.74, 6) is -1.65. The molecule has 0 saturated carbocycles. The van der Waals surface area contributed by atoms with E-state index < -0.39 is 11.9 Å². The zero-order valence-corrected chi connectivity index (χ0v) is 9.21. The van der Waals surface area contributed by atoms with Crippen molar-refractivity contribution >= 4 is 23.2 Å². The number of carbonyl (C=O) groups is 2. The van der Waals surface area contributed by atoms with E-state index in [9.17, 15) is 9.59 Å². The largest absolute Gasteiger partial charge is 0.481 e. The molecule has 4 nitrogen and oxygen atoms in total. The average Bonchev–Trinajstić information content (AvgIpc) is 2.65. The van der Waals surface area contributed by atoms with E-state index in [0.717, 1.165) is 4.88 Å². The van der Waals surface area contributed by atoms with Crippen molar-refractivity contribution in [1.82, 2.24) is 5.32 Å². The van der Waals surface area contributed by atoms with Crippen molar-refractivity contribution in [2.45, 2.75) is 19.9 Å². The molecule has 0 aromatic carbocycles. The summed E-state index contributed by atoms with van der Waals surface area (Å²) in [4.78, 5) is 22.8. The summed E-state index contributed by atoms with van der Waals surface area (Å²) in [6.45, 7) is 2.08. The van der Waals surface area contributed by atoms with E-state index >= 15 is 0 Å². The normalized spacial score (nSPS) is 12.1. The molecule has 1 rings (SSSR count). The van der Waals surface area contributed by atoms with Crippen LogP contribution in [0.3, 0.4) is 0 Å². The molecule has 0 spiro atoms. The lowest BCUT2D eigenvalue weighted by Crippen LogP contribution is -2.29. The standard InChI is InChI=1S/C10H13NO3S/c1-7(5-9(12)13)10(14)11-6-8-3-2-4-15-8/h2-4,7H,5-6H2,1H3,(H,11,14)(H,12,13). The van der Waals surface area contributed by atoms with Gasteiger partial charge >= 0.3 is 5.97 Å². The van der Waals surface area contributed by atoms with Gasteiger partial charge in [-0.05, 0) is 11.4 Å². The number of rotatable bonds is 5. The van der Waals surface area contributed by atoms with E-state index in [-0.39, 0.29) is 12.3 Å². The van der Waals surface area contributed by atoms with Gasteiger partial charge in [0.1, 0.15) is 0 Å². The molecule has 0 aliphatic carbocycles. The van der Waals surface area contributed by atoms with E-state index in [1.807, 2.05) is 17.5 Å². The molecule has 2 N–H and O–H groups in total. The molecule has 15 heavy (non-hydrogen) atoms. The number of hydrogen-bond acceptors (Lipinski definition) is 3. The second-order valence-corrected chi connectivity index (χ2v) is 4.33. The number of carboxylic acids is 1. The molecule has 5 heteroatoms. The summed E-state index contributed by atoms with van der Waals surface area (Å²) in [5, 5.41) is 13.1. The maximum Gasteiger partial charge on any atom is 0.304 e. The van der Waals surface area contributed by atoms with Crippen LogP contribution in [0.25, 0.3) is 0 Å². The molecule has 0 bridgehead atoms. The molecule has 0 saturated heterocycles. The Hall–Kier alpha value is -1.36. The lowest BCUT2D eigenvalue weighted by Gasteiger charge is -2.08. The number of aliphatic carboxylic acids is 1. The number of carbonyl (C=O) groups excluding carboxylic acids is 1. The molecule has 1 aromatic heterocycles.